The van der Waals surface area contributed by atoms with Crippen LogP contribution in [0.3, 0.4) is 0 Å². The monoisotopic (exact) mass is 275 g/mol. The number of fused-ring (bicyclic) bond motifs is 1. The van der Waals surface area contributed by atoms with Gasteiger partial charge in [0.15, 0.2) is 0 Å². The van der Waals surface area contributed by atoms with Crippen LogP contribution in [0.1, 0.15) is 31.7 Å². The van der Waals surface area contributed by atoms with Gasteiger partial charge in [-0.1, -0.05) is 25.1 Å². The minimum absolute atomic E-state index is 0.0135. The third kappa shape index (κ3) is 3.97. The summed E-state index contributed by atoms with van der Waals surface area (Å²) in [5.41, 5.74) is 8.55. The van der Waals surface area contributed by atoms with Crippen molar-refractivity contribution in [3.63, 3.8) is 0 Å². The predicted molar refractivity (Wildman–Crippen MR) is 82.9 cm³/mol. The molecule has 0 fully saturated rings. The average Bonchev–Trinajstić information content (AvgIpc) is 2.87. The van der Waals surface area contributed by atoms with Gasteiger partial charge in [-0.15, -0.1) is 0 Å². The summed E-state index contributed by atoms with van der Waals surface area (Å²) in [5.74, 6) is 0.0705. The summed E-state index contributed by atoms with van der Waals surface area (Å²) in [4.78, 5) is 14.0. The van der Waals surface area contributed by atoms with Gasteiger partial charge in [-0.05, 0) is 30.9 Å². The Morgan fingerprint density at radius 2 is 2.25 bits per heavy atom. The highest BCUT2D eigenvalue weighted by Crippen LogP contribution is 2.27. The number of amides is 1. The van der Waals surface area contributed by atoms with Crippen molar-refractivity contribution >= 4 is 11.6 Å². The van der Waals surface area contributed by atoms with Crippen molar-refractivity contribution in [3.8, 4) is 0 Å². The molecule has 4 heteroatoms. The lowest BCUT2D eigenvalue weighted by atomic mass is 10.1. The van der Waals surface area contributed by atoms with Gasteiger partial charge in [0.2, 0.25) is 5.91 Å². The predicted octanol–water partition coefficient (Wildman–Crippen LogP) is 1.68. The lowest BCUT2D eigenvalue weighted by Gasteiger charge is -2.19. The van der Waals surface area contributed by atoms with Crippen LogP contribution in [-0.4, -0.2) is 31.6 Å². The number of para-hydroxylation sites is 1. The maximum absolute atomic E-state index is 11.6. The van der Waals surface area contributed by atoms with Crippen molar-refractivity contribution in [2.75, 3.05) is 24.5 Å². The van der Waals surface area contributed by atoms with E-state index in [0.29, 0.717) is 6.42 Å². The number of anilines is 1. The molecule has 1 aromatic carbocycles. The molecule has 2 rings (SSSR count). The second-order valence-corrected chi connectivity index (χ2v) is 5.44. The van der Waals surface area contributed by atoms with Gasteiger partial charge in [0, 0.05) is 37.8 Å². The Labute approximate surface area is 121 Å². The third-order valence-corrected chi connectivity index (χ3v) is 3.88. The molecule has 1 aliphatic rings. The molecule has 20 heavy (non-hydrogen) atoms. The molecule has 4 nitrogen and oxygen atoms in total. The van der Waals surface area contributed by atoms with Crippen LogP contribution in [0.15, 0.2) is 24.3 Å². The van der Waals surface area contributed by atoms with E-state index in [1.807, 2.05) is 6.92 Å². The molecule has 0 aliphatic carbocycles. The van der Waals surface area contributed by atoms with E-state index in [1.165, 1.54) is 11.3 Å². The van der Waals surface area contributed by atoms with Crippen molar-refractivity contribution < 1.29 is 4.79 Å². The van der Waals surface area contributed by atoms with E-state index in [1.54, 1.807) is 0 Å². The largest absolute Gasteiger partial charge is 0.371 e. The Kier molecular flexibility index (Phi) is 5.41. The highest BCUT2D eigenvalue weighted by molar-refractivity contribution is 5.76. The molecule has 110 valence electrons. The zero-order valence-corrected chi connectivity index (χ0v) is 12.3. The second-order valence-electron chi connectivity index (χ2n) is 5.44. The highest BCUT2D eigenvalue weighted by atomic mass is 16.1. The molecule has 0 saturated carbocycles. The summed E-state index contributed by atoms with van der Waals surface area (Å²) in [6, 6.07) is 8.55. The lowest BCUT2D eigenvalue weighted by Crippen LogP contribution is -2.33. The number of benzene rings is 1. The van der Waals surface area contributed by atoms with E-state index in [9.17, 15) is 4.79 Å². The fourth-order valence-electron chi connectivity index (χ4n) is 2.59. The number of carbonyl (C=O) groups excluding carboxylic acids is 1. The van der Waals surface area contributed by atoms with Crippen LogP contribution in [0.4, 0.5) is 5.69 Å². The van der Waals surface area contributed by atoms with E-state index < -0.39 is 0 Å². The van der Waals surface area contributed by atoms with Crippen LogP contribution in [0.25, 0.3) is 0 Å². The van der Waals surface area contributed by atoms with Crippen molar-refractivity contribution in [1.82, 2.24) is 5.32 Å². The van der Waals surface area contributed by atoms with E-state index in [4.69, 9.17) is 5.73 Å². The fraction of sp³-hybridized carbons (Fsp3) is 0.562. The Bertz CT molecular complexity index is 447. The van der Waals surface area contributed by atoms with Crippen LogP contribution in [0.5, 0.6) is 0 Å². The number of nitrogens with two attached hydrogens (primary N) is 1. The quantitative estimate of drug-likeness (QED) is 0.744. The normalized spacial score (nSPS) is 15.0. The molecule has 1 unspecified atom stereocenters. The Morgan fingerprint density at radius 3 is 3.05 bits per heavy atom. The third-order valence-electron chi connectivity index (χ3n) is 3.88. The average molecular weight is 275 g/mol. The molecule has 1 aromatic rings. The number of rotatable bonds is 7. The van der Waals surface area contributed by atoms with Gasteiger partial charge in [-0.2, -0.15) is 0 Å². The summed E-state index contributed by atoms with van der Waals surface area (Å²) >= 11 is 0. The van der Waals surface area contributed by atoms with E-state index in [0.717, 1.165) is 38.9 Å². The smallest absolute Gasteiger partial charge is 0.221 e. The van der Waals surface area contributed by atoms with Crippen LogP contribution in [-0.2, 0) is 11.2 Å². The van der Waals surface area contributed by atoms with Crippen molar-refractivity contribution in [3.05, 3.63) is 29.8 Å². The Balaban J connectivity index is 1.66. The van der Waals surface area contributed by atoms with E-state index >= 15 is 0 Å². The van der Waals surface area contributed by atoms with Crippen molar-refractivity contribution in [2.24, 2.45) is 5.73 Å². The van der Waals surface area contributed by atoms with E-state index in [-0.39, 0.29) is 11.9 Å². The summed E-state index contributed by atoms with van der Waals surface area (Å²) in [7, 11) is 0. The van der Waals surface area contributed by atoms with Crippen LogP contribution < -0.4 is 16.0 Å². The fourth-order valence-corrected chi connectivity index (χ4v) is 2.59. The molecule has 1 atom stereocenters. The Morgan fingerprint density at radius 1 is 1.45 bits per heavy atom. The first-order chi connectivity index (χ1) is 9.70. The molecule has 0 radical (unpaired) electrons. The first-order valence-electron chi connectivity index (χ1n) is 7.56. The maximum atomic E-state index is 11.6. The van der Waals surface area contributed by atoms with Gasteiger partial charge in [0.25, 0.3) is 0 Å². The summed E-state index contributed by atoms with van der Waals surface area (Å²) in [6.45, 7) is 4.82. The van der Waals surface area contributed by atoms with Crippen LogP contribution >= 0.6 is 0 Å². The van der Waals surface area contributed by atoms with Gasteiger partial charge in [0.1, 0.15) is 0 Å². The molecular weight excluding hydrogens is 250 g/mol. The summed E-state index contributed by atoms with van der Waals surface area (Å²) in [5, 5.41) is 2.95. The van der Waals surface area contributed by atoms with E-state index in [2.05, 4.69) is 34.5 Å². The molecular formula is C16H25N3O. The summed E-state index contributed by atoms with van der Waals surface area (Å²) < 4.78 is 0. The minimum Gasteiger partial charge on any atom is -0.371 e. The molecule has 1 heterocycles. The molecule has 1 amide bonds. The number of nitrogens with one attached hydrogen (secondary N) is 1. The van der Waals surface area contributed by atoms with Gasteiger partial charge in [-0.3, -0.25) is 4.79 Å². The first kappa shape index (κ1) is 14.9. The van der Waals surface area contributed by atoms with Gasteiger partial charge in [0.05, 0.1) is 0 Å². The number of hydrogen-bond donors (Lipinski definition) is 2. The van der Waals surface area contributed by atoms with Gasteiger partial charge in [-0.25, -0.2) is 0 Å². The highest BCUT2D eigenvalue weighted by Gasteiger charge is 2.17. The minimum atomic E-state index is -0.0135. The van der Waals surface area contributed by atoms with Crippen molar-refractivity contribution in [1.29, 1.82) is 0 Å². The maximum Gasteiger partial charge on any atom is 0.221 e. The standard InChI is InChI=1S/C16H25N3O/c1-2-14(17)12-16(20)18-9-5-10-19-11-8-13-6-3-4-7-15(13)19/h3-4,6-7,14H,2,5,8-12,17H2,1H3,(H,18,20). The van der Waals surface area contributed by atoms with Gasteiger partial charge >= 0.3 is 0 Å². The molecule has 0 aromatic heterocycles. The molecule has 0 saturated heterocycles. The second kappa shape index (κ2) is 7.29. The van der Waals surface area contributed by atoms with Crippen LogP contribution in [0, 0.1) is 0 Å². The van der Waals surface area contributed by atoms with Crippen LogP contribution in [0.2, 0.25) is 0 Å². The molecule has 0 bridgehead atoms. The molecule has 0 spiro atoms. The Hall–Kier alpha value is -1.55. The SMILES string of the molecule is CCC(N)CC(=O)NCCCN1CCc2ccccc21. The zero-order chi connectivity index (χ0) is 14.4. The number of carbonyl (C=O) groups is 1. The zero-order valence-electron chi connectivity index (χ0n) is 12.3. The van der Waals surface area contributed by atoms with Gasteiger partial charge < -0.3 is 16.0 Å². The number of hydrogen-bond acceptors (Lipinski definition) is 3. The van der Waals surface area contributed by atoms with Crippen molar-refractivity contribution in [2.45, 2.75) is 38.6 Å². The summed E-state index contributed by atoms with van der Waals surface area (Å²) in [6.07, 6.45) is 3.39. The topological polar surface area (TPSA) is 58.4 Å². The molecule has 3 N–H and O–H groups in total. The first-order valence-corrected chi connectivity index (χ1v) is 7.56. The number of nitrogens with zero attached hydrogens (tertiary/aromatic N) is 1. The lowest BCUT2D eigenvalue weighted by molar-refractivity contribution is -0.121. The molecule has 1 aliphatic heterocycles.